The Labute approximate surface area is 153 Å². The lowest BCUT2D eigenvalue weighted by Crippen LogP contribution is -2.28. The molecule has 0 spiro atoms. The molecule has 0 radical (unpaired) electrons. The van der Waals surface area contributed by atoms with Crippen LogP contribution >= 0.6 is 34.2 Å². The van der Waals surface area contributed by atoms with Crippen molar-refractivity contribution < 1.29 is 9.59 Å². The fraction of sp³-hybridized carbons (Fsp3) is 0.176. The summed E-state index contributed by atoms with van der Waals surface area (Å²) in [5, 5.41) is 3.49. The third kappa shape index (κ3) is 3.84. The van der Waals surface area contributed by atoms with E-state index in [4.69, 9.17) is 11.6 Å². The number of nitrogens with zero attached hydrogens (tertiary/aromatic N) is 1. The van der Waals surface area contributed by atoms with E-state index in [0.29, 0.717) is 11.6 Å². The summed E-state index contributed by atoms with van der Waals surface area (Å²) in [6.45, 7) is 0.386. The minimum atomic E-state index is -0.350. The quantitative estimate of drug-likeness (QED) is 0.735. The predicted molar refractivity (Wildman–Crippen MR) is 99.7 cm³/mol. The molecule has 1 atom stereocenters. The van der Waals surface area contributed by atoms with Gasteiger partial charge < -0.3 is 10.2 Å². The summed E-state index contributed by atoms with van der Waals surface area (Å²) in [4.78, 5) is 26.2. The number of amides is 2. The zero-order valence-corrected chi connectivity index (χ0v) is 15.0. The number of carbonyl (C=O) groups is 2. The Hall–Kier alpha value is -1.60. The first-order valence-corrected chi connectivity index (χ1v) is 8.61. The maximum Gasteiger partial charge on any atom is 0.229 e. The van der Waals surface area contributed by atoms with Crippen LogP contribution in [0.25, 0.3) is 0 Å². The van der Waals surface area contributed by atoms with Gasteiger partial charge >= 0.3 is 0 Å². The van der Waals surface area contributed by atoms with E-state index in [1.165, 1.54) is 0 Å². The van der Waals surface area contributed by atoms with E-state index >= 15 is 0 Å². The molecule has 4 nitrogen and oxygen atoms in total. The van der Waals surface area contributed by atoms with Crippen molar-refractivity contribution >= 4 is 57.4 Å². The lowest BCUT2D eigenvalue weighted by Gasteiger charge is -2.16. The molecule has 2 amide bonds. The first-order chi connectivity index (χ1) is 11.0. The van der Waals surface area contributed by atoms with Gasteiger partial charge in [-0.15, -0.1) is 0 Å². The highest BCUT2D eigenvalue weighted by atomic mass is 127. The van der Waals surface area contributed by atoms with Crippen LogP contribution in [0.4, 0.5) is 11.4 Å². The number of hydrogen-bond acceptors (Lipinski definition) is 2. The highest BCUT2D eigenvalue weighted by Gasteiger charge is 2.35. The molecule has 1 aliphatic rings. The molecule has 1 heterocycles. The Kier molecular flexibility index (Phi) is 4.87. The molecule has 1 aliphatic heterocycles. The van der Waals surface area contributed by atoms with Crippen LogP contribution in [0, 0.1) is 9.49 Å². The minimum absolute atomic E-state index is 0.0462. The molecule has 1 fully saturated rings. The topological polar surface area (TPSA) is 49.4 Å². The summed E-state index contributed by atoms with van der Waals surface area (Å²) in [7, 11) is 0. The molecule has 0 saturated carbocycles. The van der Waals surface area contributed by atoms with Gasteiger partial charge in [0.05, 0.1) is 5.92 Å². The largest absolute Gasteiger partial charge is 0.326 e. The molecule has 1 N–H and O–H groups in total. The van der Waals surface area contributed by atoms with Crippen molar-refractivity contribution in [2.45, 2.75) is 6.42 Å². The normalized spacial score (nSPS) is 17.4. The van der Waals surface area contributed by atoms with E-state index in [1.807, 2.05) is 24.3 Å². The van der Waals surface area contributed by atoms with Gasteiger partial charge in [-0.05, 0) is 71.1 Å². The van der Waals surface area contributed by atoms with Crippen LogP contribution in [0.15, 0.2) is 48.5 Å². The maximum atomic E-state index is 12.4. The fourth-order valence-corrected chi connectivity index (χ4v) is 3.02. The van der Waals surface area contributed by atoms with Crippen LogP contribution in [-0.4, -0.2) is 18.4 Å². The molecule has 0 unspecified atom stereocenters. The molecule has 1 saturated heterocycles. The average molecular weight is 441 g/mol. The van der Waals surface area contributed by atoms with Crippen LogP contribution in [0.2, 0.25) is 5.02 Å². The molecule has 0 bridgehead atoms. The molecular formula is C17H14ClIN2O2. The number of carbonyl (C=O) groups excluding carboxylic acids is 2. The molecule has 3 rings (SSSR count). The highest BCUT2D eigenvalue weighted by molar-refractivity contribution is 14.1. The van der Waals surface area contributed by atoms with Gasteiger partial charge in [0.1, 0.15) is 0 Å². The number of halogens is 2. The van der Waals surface area contributed by atoms with E-state index < -0.39 is 0 Å². The standard InChI is InChI=1S/C17H14ClIN2O2/c18-12-1-7-15(8-2-12)21-10-11(9-16(21)22)17(23)20-14-5-3-13(19)4-6-14/h1-8,11H,9-10H2,(H,20,23)/t11-/m1/s1. The number of rotatable bonds is 3. The lowest BCUT2D eigenvalue weighted by atomic mass is 10.1. The zero-order valence-electron chi connectivity index (χ0n) is 12.1. The van der Waals surface area contributed by atoms with Crippen LogP contribution in [-0.2, 0) is 9.59 Å². The second-order valence-electron chi connectivity index (χ2n) is 5.38. The van der Waals surface area contributed by atoms with Crippen molar-refractivity contribution in [2.24, 2.45) is 5.92 Å². The summed E-state index contributed by atoms with van der Waals surface area (Å²) in [5.41, 5.74) is 1.51. The van der Waals surface area contributed by atoms with Gasteiger partial charge in [-0.25, -0.2) is 0 Å². The molecule has 23 heavy (non-hydrogen) atoms. The van der Waals surface area contributed by atoms with E-state index in [2.05, 4.69) is 27.9 Å². The third-order valence-corrected chi connectivity index (χ3v) is 4.72. The molecule has 6 heteroatoms. The first-order valence-electron chi connectivity index (χ1n) is 7.15. The monoisotopic (exact) mass is 440 g/mol. The average Bonchev–Trinajstić information content (AvgIpc) is 2.92. The molecule has 0 aliphatic carbocycles. The second-order valence-corrected chi connectivity index (χ2v) is 7.06. The third-order valence-electron chi connectivity index (χ3n) is 3.75. The Morgan fingerprint density at radius 3 is 2.43 bits per heavy atom. The van der Waals surface area contributed by atoms with Gasteiger partial charge in [-0.3, -0.25) is 9.59 Å². The highest BCUT2D eigenvalue weighted by Crippen LogP contribution is 2.27. The number of anilines is 2. The molecule has 2 aromatic rings. The van der Waals surface area contributed by atoms with Crippen molar-refractivity contribution in [2.75, 3.05) is 16.8 Å². The van der Waals surface area contributed by atoms with Gasteiger partial charge in [-0.2, -0.15) is 0 Å². The maximum absolute atomic E-state index is 12.4. The van der Waals surface area contributed by atoms with Gasteiger partial charge in [0.2, 0.25) is 11.8 Å². The summed E-state index contributed by atoms with van der Waals surface area (Å²) in [6, 6.07) is 14.6. The van der Waals surface area contributed by atoms with Crippen LogP contribution in [0.5, 0.6) is 0 Å². The Morgan fingerprint density at radius 2 is 1.78 bits per heavy atom. The summed E-state index contributed by atoms with van der Waals surface area (Å²) < 4.78 is 1.10. The summed E-state index contributed by atoms with van der Waals surface area (Å²) in [6.07, 6.45) is 0.221. The van der Waals surface area contributed by atoms with Crippen molar-refractivity contribution in [1.82, 2.24) is 0 Å². The van der Waals surface area contributed by atoms with E-state index in [1.54, 1.807) is 29.2 Å². The Bertz CT molecular complexity index is 731. The predicted octanol–water partition coefficient (Wildman–Crippen LogP) is 3.94. The first kappa shape index (κ1) is 16.3. The molecule has 118 valence electrons. The van der Waals surface area contributed by atoms with Gasteiger partial charge in [0, 0.05) is 32.9 Å². The van der Waals surface area contributed by atoms with Gasteiger partial charge in [0.25, 0.3) is 0 Å². The summed E-state index contributed by atoms with van der Waals surface area (Å²) in [5.74, 6) is -0.524. The SMILES string of the molecule is O=C(Nc1ccc(I)cc1)[C@@H]1CC(=O)N(c2ccc(Cl)cc2)C1. The Balaban J connectivity index is 1.68. The van der Waals surface area contributed by atoms with Crippen molar-refractivity contribution in [3.05, 3.63) is 57.1 Å². The van der Waals surface area contributed by atoms with Crippen LogP contribution in [0.1, 0.15) is 6.42 Å². The summed E-state index contributed by atoms with van der Waals surface area (Å²) >= 11 is 8.08. The smallest absolute Gasteiger partial charge is 0.229 e. The van der Waals surface area contributed by atoms with E-state index in [9.17, 15) is 9.59 Å². The Morgan fingerprint density at radius 1 is 1.13 bits per heavy atom. The van der Waals surface area contributed by atoms with E-state index in [0.717, 1.165) is 14.9 Å². The van der Waals surface area contributed by atoms with Crippen molar-refractivity contribution in [1.29, 1.82) is 0 Å². The number of nitrogens with one attached hydrogen (secondary N) is 1. The van der Waals surface area contributed by atoms with E-state index in [-0.39, 0.29) is 24.2 Å². The van der Waals surface area contributed by atoms with Gasteiger partial charge in [0.15, 0.2) is 0 Å². The zero-order chi connectivity index (χ0) is 16.4. The van der Waals surface area contributed by atoms with Crippen molar-refractivity contribution in [3.63, 3.8) is 0 Å². The molecule has 2 aromatic carbocycles. The fourth-order valence-electron chi connectivity index (χ4n) is 2.53. The number of hydrogen-bond donors (Lipinski definition) is 1. The second kappa shape index (κ2) is 6.88. The number of benzene rings is 2. The van der Waals surface area contributed by atoms with Crippen LogP contribution < -0.4 is 10.2 Å². The molecular weight excluding hydrogens is 427 g/mol. The lowest BCUT2D eigenvalue weighted by molar-refractivity contribution is -0.122. The molecule has 0 aromatic heterocycles. The van der Waals surface area contributed by atoms with Gasteiger partial charge in [-0.1, -0.05) is 11.6 Å². The van der Waals surface area contributed by atoms with Crippen LogP contribution in [0.3, 0.4) is 0 Å². The van der Waals surface area contributed by atoms with Crippen molar-refractivity contribution in [3.8, 4) is 0 Å². The minimum Gasteiger partial charge on any atom is -0.326 e.